The summed E-state index contributed by atoms with van der Waals surface area (Å²) in [4.78, 5) is 12.0. The highest BCUT2D eigenvalue weighted by molar-refractivity contribution is 6.04. The molecule has 0 spiro atoms. The minimum absolute atomic E-state index is 0.0973. The number of hydrogen-bond acceptors (Lipinski definition) is 5. The summed E-state index contributed by atoms with van der Waals surface area (Å²) in [6.07, 6.45) is 0.645. The zero-order valence-corrected chi connectivity index (χ0v) is 10.0. The maximum atomic E-state index is 12.0. The lowest BCUT2D eigenvalue weighted by Gasteiger charge is -2.06. The Hall–Kier alpha value is -2.21. The highest BCUT2D eigenvalue weighted by Crippen LogP contribution is 2.12. The molecule has 0 saturated heterocycles. The number of rotatable bonds is 4. The zero-order valence-electron chi connectivity index (χ0n) is 10.0. The van der Waals surface area contributed by atoms with Gasteiger partial charge in [0.25, 0.3) is 5.91 Å². The second-order valence-electron chi connectivity index (χ2n) is 3.78. The molecule has 18 heavy (non-hydrogen) atoms. The number of nitrogens with two attached hydrogens (primary N) is 1. The zero-order chi connectivity index (χ0) is 13.0. The third-order valence-electron chi connectivity index (χ3n) is 2.42. The average Bonchev–Trinajstić information content (AvgIpc) is 2.76. The molecular weight excluding hydrogens is 232 g/mol. The standard InChI is InChI=1S/C12H14N4O2/c1-8-15-16-12(18-8)14-11(17)10-5-3-2-4-9(10)6-7-13/h2-5H,6-7,13H2,1H3,(H,14,16,17). The smallest absolute Gasteiger partial charge is 0.322 e. The minimum Gasteiger partial charge on any atom is -0.408 e. The number of aryl methyl sites for hydroxylation is 1. The monoisotopic (exact) mass is 246 g/mol. The lowest BCUT2D eigenvalue weighted by molar-refractivity contribution is 0.102. The summed E-state index contributed by atoms with van der Waals surface area (Å²) in [5.41, 5.74) is 6.98. The van der Waals surface area contributed by atoms with E-state index >= 15 is 0 Å². The molecule has 1 aromatic carbocycles. The van der Waals surface area contributed by atoms with Crippen LogP contribution in [0.25, 0.3) is 0 Å². The molecule has 0 radical (unpaired) electrons. The van der Waals surface area contributed by atoms with E-state index < -0.39 is 0 Å². The van der Waals surface area contributed by atoms with Crippen LogP contribution in [0.3, 0.4) is 0 Å². The first-order valence-electron chi connectivity index (χ1n) is 5.60. The van der Waals surface area contributed by atoms with Crippen LogP contribution in [0.5, 0.6) is 0 Å². The van der Waals surface area contributed by atoms with E-state index in [4.69, 9.17) is 10.2 Å². The van der Waals surface area contributed by atoms with Crippen LogP contribution < -0.4 is 11.1 Å². The van der Waals surface area contributed by atoms with Gasteiger partial charge in [0.2, 0.25) is 5.89 Å². The molecule has 0 saturated carbocycles. The van der Waals surface area contributed by atoms with Crippen LogP contribution in [0.4, 0.5) is 6.01 Å². The van der Waals surface area contributed by atoms with Crippen LogP contribution in [0.2, 0.25) is 0 Å². The molecule has 0 aliphatic rings. The SMILES string of the molecule is Cc1nnc(NC(=O)c2ccccc2CCN)o1. The summed E-state index contributed by atoms with van der Waals surface area (Å²) < 4.78 is 5.10. The first-order chi connectivity index (χ1) is 8.70. The number of nitrogens with one attached hydrogen (secondary N) is 1. The van der Waals surface area contributed by atoms with Gasteiger partial charge in [-0.3, -0.25) is 10.1 Å². The van der Waals surface area contributed by atoms with Crippen LogP contribution in [0, 0.1) is 6.92 Å². The van der Waals surface area contributed by atoms with Crippen LogP contribution in [0.15, 0.2) is 28.7 Å². The molecule has 2 aromatic rings. The Morgan fingerprint density at radius 2 is 2.17 bits per heavy atom. The molecule has 3 N–H and O–H groups in total. The molecule has 1 aromatic heterocycles. The maximum absolute atomic E-state index is 12.0. The van der Waals surface area contributed by atoms with Crippen LogP contribution in [-0.4, -0.2) is 22.6 Å². The quantitative estimate of drug-likeness (QED) is 0.843. The first-order valence-corrected chi connectivity index (χ1v) is 5.60. The lowest BCUT2D eigenvalue weighted by atomic mass is 10.0. The van der Waals surface area contributed by atoms with Gasteiger partial charge >= 0.3 is 6.01 Å². The van der Waals surface area contributed by atoms with Gasteiger partial charge in [-0.15, -0.1) is 5.10 Å². The van der Waals surface area contributed by atoms with Crippen LogP contribution in [-0.2, 0) is 6.42 Å². The summed E-state index contributed by atoms with van der Waals surface area (Å²) in [7, 11) is 0. The Bertz CT molecular complexity index is 551. The normalized spacial score (nSPS) is 10.3. The summed E-state index contributed by atoms with van der Waals surface area (Å²) in [5.74, 6) is 0.128. The number of anilines is 1. The third kappa shape index (κ3) is 2.72. The van der Waals surface area contributed by atoms with Crippen molar-refractivity contribution in [2.75, 3.05) is 11.9 Å². The Balaban J connectivity index is 2.18. The number of carbonyl (C=O) groups excluding carboxylic acids is 1. The van der Waals surface area contributed by atoms with Crippen molar-refractivity contribution in [3.05, 3.63) is 41.3 Å². The molecule has 0 fully saturated rings. The van der Waals surface area contributed by atoms with Crippen LogP contribution >= 0.6 is 0 Å². The number of benzene rings is 1. The number of aromatic nitrogens is 2. The van der Waals surface area contributed by atoms with E-state index in [1.54, 1.807) is 19.1 Å². The highest BCUT2D eigenvalue weighted by Gasteiger charge is 2.13. The molecule has 1 heterocycles. The summed E-state index contributed by atoms with van der Waals surface area (Å²) in [5, 5.41) is 9.91. The molecule has 94 valence electrons. The summed E-state index contributed by atoms with van der Waals surface area (Å²) in [6, 6.07) is 7.39. The average molecular weight is 246 g/mol. The number of amides is 1. The van der Waals surface area contributed by atoms with E-state index in [2.05, 4.69) is 15.5 Å². The molecule has 0 aliphatic carbocycles. The fourth-order valence-electron chi connectivity index (χ4n) is 1.63. The van der Waals surface area contributed by atoms with Crippen molar-refractivity contribution in [2.24, 2.45) is 5.73 Å². The van der Waals surface area contributed by atoms with Gasteiger partial charge in [-0.2, -0.15) is 0 Å². The van der Waals surface area contributed by atoms with E-state index in [1.807, 2.05) is 12.1 Å². The van der Waals surface area contributed by atoms with E-state index in [0.29, 0.717) is 24.4 Å². The van der Waals surface area contributed by atoms with E-state index in [-0.39, 0.29) is 11.9 Å². The van der Waals surface area contributed by atoms with Gasteiger partial charge in [-0.25, -0.2) is 0 Å². The number of hydrogen-bond donors (Lipinski definition) is 2. The minimum atomic E-state index is -0.275. The molecule has 2 rings (SSSR count). The van der Waals surface area contributed by atoms with Crippen molar-refractivity contribution in [2.45, 2.75) is 13.3 Å². The topological polar surface area (TPSA) is 94.0 Å². The van der Waals surface area contributed by atoms with E-state index in [1.165, 1.54) is 0 Å². The van der Waals surface area contributed by atoms with Gasteiger partial charge in [0.05, 0.1) is 0 Å². The second-order valence-corrected chi connectivity index (χ2v) is 3.78. The maximum Gasteiger partial charge on any atom is 0.322 e. The fraction of sp³-hybridized carbons (Fsp3) is 0.250. The van der Waals surface area contributed by atoms with Crippen LogP contribution in [0.1, 0.15) is 21.8 Å². The first kappa shape index (κ1) is 12.3. The van der Waals surface area contributed by atoms with Crippen molar-refractivity contribution in [3.63, 3.8) is 0 Å². The predicted molar refractivity (Wildman–Crippen MR) is 66.2 cm³/mol. The number of carbonyl (C=O) groups is 1. The van der Waals surface area contributed by atoms with Gasteiger partial charge in [-0.1, -0.05) is 23.3 Å². The van der Waals surface area contributed by atoms with Gasteiger partial charge in [0.15, 0.2) is 0 Å². The molecular formula is C12H14N4O2. The van der Waals surface area contributed by atoms with E-state index in [0.717, 1.165) is 5.56 Å². The Kier molecular flexibility index (Phi) is 3.69. The third-order valence-corrected chi connectivity index (χ3v) is 2.42. The highest BCUT2D eigenvalue weighted by atomic mass is 16.4. The van der Waals surface area contributed by atoms with Gasteiger partial charge in [0.1, 0.15) is 0 Å². The van der Waals surface area contributed by atoms with Crippen molar-refractivity contribution in [3.8, 4) is 0 Å². The van der Waals surface area contributed by atoms with Crippen molar-refractivity contribution in [1.29, 1.82) is 0 Å². The van der Waals surface area contributed by atoms with Gasteiger partial charge in [-0.05, 0) is 24.6 Å². The Morgan fingerprint density at radius 1 is 1.39 bits per heavy atom. The summed E-state index contributed by atoms with van der Waals surface area (Å²) in [6.45, 7) is 2.15. The predicted octanol–water partition coefficient (Wildman–Crippen LogP) is 1.13. The Labute approximate surface area is 104 Å². The molecule has 0 unspecified atom stereocenters. The van der Waals surface area contributed by atoms with E-state index in [9.17, 15) is 4.79 Å². The number of nitrogens with zero attached hydrogens (tertiary/aromatic N) is 2. The summed E-state index contributed by atoms with van der Waals surface area (Å²) >= 11 is 0. The van der Waals surface area contributed by atoms with Gasteiger partial charge in [0, 0.05) is 12.5 Å². The molecule has 6 heteroatoms. The second kappa shape index (κ2) is 5.42. The molecule has 0 atom stereocenters. The fourth-order valence-corrected chi connectivity index (χ4v) is 1.63. The van der Waals surface area contributed by atoms with Crippen molar-refractivity contribution < 1.29 is 9.21 Å². The molecule has 0 aliphatic heterocycles. The largest absolute Gasteiger partial charge is 0.408 e. The molecule has 1 amide bonds. The molecule has 0 bridgehead atoms. The Morgan fingerprint density at radius 3 is 2.83 bits per heavy atom. The lowest BCUT2D eigenvalue weighted by Crippen LogP contribution is -2.16. The molecule has 6 nitrogen and oxygen atoms in total. The van der Waals surface area contributed by atoms with Gasteiger partial charge < -0.3 is 10.2 Å². The van der Waals surface area contributed by atoms with Crippen molar-refractivity contribution >= 4 is 11.9 Å². The van der Waals surface area contributed by atoms with Crippen molar-refractivity contribution in [1.82, 2.24) is 10.2 Å².